The van der Waals surface area contributed by atoms with E-state index in [1.807, 2.05) is 24.3 Å². The highest BCUT2D eigenvalue weighted by Gasteiger charge is 2.00. The van der Waals surface area contributed by atoms with E-state index in [0.717, 1.165) is 10.6 Å². The highest BCUT2D eigenvalue weighted by atomic mass is 32.2. The second kappa shape index (κ2) is 6.31. The number of nitrogens with one attached hydrogen (secondary N) is 1. The van der Waals surface area contributed by atoms with Gasteiger partial charge in [0.1, 0.15) is 5.75 Å². The van der Waals surface area contributed by atoms with Crippen molar-refractivity contribution in [2.75, 3.05) is 12.9 Å². The smallest absolute Gasteiger partial charge is 0.244 e. The molecule has 2 N–H and O–H groups in total. The van der Waals surface area contributed by atoms with Crippen LogP contribution in [0.1, 0.15) is 6.42 Å². The molecule has 0 spiro atoms. The minimum absolute atomic E-state index is 0.299. The fourth-order valence-electron chi connectivity index (χ4n) is 0.989. The van der Waals surface area contributed by atoms with Crippen molar-refractivity contribution in [1.82, 2.24) is 5.48 Å². The third-order valence-electron chi connectivity index (χ3n) is 1.78. The second-order valence-corrected chi connectivity index (χ2v) is 3.98. The van der Waals surface area contributed by atoms with Crippen LogP contribution in [0, 0.1) is 0 Å². The van der Waals surface area contributed by atoms with Crippen LogP contribution < -0.4 is 10.2 Å². The van der Waals surface area contributed by atoms with Gasteiger partial charge in [0.15, 0.2) is 0 Å². The van der Waals surface area contributed by atoms with E-state index < -0.39 is 0 Å². The van der Waals surface area contributed by atoms with Gasteiger partial charge in [-0.05, 0) is 24.3 Å². The van der Waals surface area contributed by atoms with Crippen molar-refractivity contribution in [3.8, 4) is 5.75 Å². The predicted molar refractivity (Wildman–Crippen MR) is 58.3 cm³/mol. The lowest BCUT2D eigenvalue weighted by molar-refractivity contribution is -0.128. The first kappa shape index (κ1) is 11.9. The van der Waals surface area contributed by atoms with Crippen LogP contribution in [0.5, 0.6) is 5.75 Å². The van der Waals surface area contributed by atoms with Gasteiger partial charge in [0.2, 0.25) is 5.91 Å². The molecule has 0 bridgehead atoms. The van der Waals surface area contributed by atoms with E-state index in [4.69, 9.17) is 9.94 Å². The maximum Gasteiger partial charge on any atom is 0.244 e. The SMILES string of the molecule is COc1ccc(SCCC(=O)NO)cc1. The van der Waals surface area contributed by atoms with Gasteiger partial charge in [-0.1, -0.05) is 0 Å². The second-order valence-electron chi connectivity index (χ2n) is 2.81. The van der Waals surface area contributed by atoms with Crippen molar-refractivity contribution < 1.29 is 14.7 Å². The summed E-state index contributed by atoms with van der Waals surface area (Å²) in [7, 11) is 1.62. The van der Waals surface area contributed by atoms with Crippen molar-refractivity contribution in [1.29, 1.82) is 0 Å². The quantitative estimate of drug-likeness (QED) is 0.456. The van der Waals surface area contributed by atoms with E-state index >= 15 is 0 Å². The number of benzene rings is 1. The zero-order chi connectivity index (χ0) is 11.1. The highest BCUT2D eigenvalue weighted by Crippen LogP contribution is 2.21. The maximum atomic E-state index is 10.7. The average Bonchev–Trinajstić information content (AvgIpc) is 2.29. The van der Waals surface area contributed by atoms with Crippen LogP contribution in [0.3, 0.4) is 0 Å². The first-order valence-corrected chi connectivity index (χ1v) is 5.44. The Kier molecular flexibility index (Phi) is 5.00. The highest BCUT2D eigenvalue weighted by molar-refractivity contribution is 7.99. The average molecular weight is 227 g/mol. The van der Waals surface area contributed by atoms with Crippen LogP contribution in [0.4, 0.5) is 0 Å². The van der Waals surface area contributed by atoms with Crippen LogP contribution in [0.2, 0.25) is 0 Å². The molecule has 0 atom stereocenters. The Hall–Kier alpha value is -1.20. The van der Waals surface area contributed by atoms with Gasteiger partial charge in [0.05, 0.1) is 7.11 Å². The number of rotatable bonds is 5. The first-order chi connectivity index (χ1) is 7.26. The molecule has 5 heteroatoms. The number of hydrogen-bond acceptors (Lipinski definition) is 4. The fraction of sp³-hybridized carbons (Fsp3) is 0.300. The summed E-state index contributed by atoms with van der Waals surface area (Å²) in [5.74, 6) is 1.09. The molecule has 0 saturated heterocycles. The summed E-state index contributed by atoms with van der Waals surface area (Å²) in [5.41, 5.74) is 1.60. The van der Waals surface area contributed by atoms with Gasteiger partial charge in [-0.15, -0.1) is 11.8 Å². The summed E-state index contributed by atoms with van der Waals surface area (Å²) in [5, 5.41) is 8.27. The van der Waals surface area contributed by atoms with Crippen LogP contribution in [-0.2, 0) is 4.79 Å². The van der Waals surface area contributed by atoms with E-state index in [2.05, 4.69) is 0 Å². The molecule has 0 fully saturated rings. The lowest BCUT2D eigenvalue weighted by Crippen LogP contribution is -2.18. The van der Waals surface area contributed by atoms with Gasteiger partial charge in [0, 0.05) is 17.1 Å². The number of amides is 1. The molecular weight excluding hydrogens is 214 g/mol. The van der Waals surface area contributed by atoms with E-state index in [9.17, 15) is 4.79 Å². The van der Waals surface area contributed by atoms with Gasteiger partial charge in [-0.3, -0.25) is 10.0 Å². The summed E-state index contributed by atoms with van der Waals surface area (Å²) in [6, 6.07) is 7.60. The summed E-state index contributed by atoms with van der Waals surface area (Å²) >= 11 is 1.56. The van der Waals surface area contributed by atoms with E-state index in [-0.39, 0.29) is 5.91 Å². The Labute approximate surface area is 92.6 Å². The van der Waals surface area contributed by atoms with Gasteiger partial charge >= 0.3 is 0 Å². The Morgan fingerprint density at radius 3 is 2.67 bits per heavy atom. The number of hydroxylamine groups is 1. The monoisotopic (exact) mass is 227 g/mol. The van der Waals surface area contributed by atoms with Crippen LogP contribution in [0.25, 0.3) is 0 Å². The lowest BCUT2D eigenvalue weighted by atomic mass is 10.3. The zero-order valence-electron chi connectivity index (χ0n) is 8.40. The Bertz CT molecular complexity index is 313. The molecule has 1 rings (SSSR count). The molecule has 0 aromatic heterocycles. The van der Waals surface area contributed by atoms with Crippen molar-refractivity contribution in [3.05, 3.63) is 24.3 Å². The van der Waals surface area contributed by atoms with Gasteiger partial charge in [0.25, 0.3) is 0 Å². The number of hydrogen-bond donors (Lipinski definition) is 2. The number of ether oxygens (including phenoxy) is 1. The molecule has 0 unspecified atom stereocenters. The molecule has 0 aliphatic heterocycles. The summed E-state index contributed by atoms with van der Waals surface area (Å²) < 4.78 is 5.02. The summed E-state index contributed by atoms with van der Waals surface area (Å²) in [6.07, 6.45) is 0.299. The van der Waals surface area contributed by atoms with Crippen LogP contribution in [-0.4, -0.2) is 24.0 Å². The molecule has 15 heavy (non-hydrogen) atoms. The Morgan fingerprint density at radius 1 is 1.47 bits per heavy atom. The molecule has 1 aromatic rings. The van der Waals surface area contributed by atoms with Crippen LogP contribution >= 0.6 is 11.8 Å². The summed E-state index contributed by atoms with van der Waals surface area (Å²) in [6.45, 7) is 0. The largest absolute Gasteiger partial charge is 0.497 e. The molecule has 1 amide bonds. The molecule has 4 nitrogen and oxygen atoms in total. The zero-order valence-corrected chi connectivity index (χ0v) is 9.21. The molecule has 0 radical (unpaired) electrons. The van der Waals surface area contributed by atoms with Gasteiger partial charge in [-0.25, -0.2) is 5.48 Å². The van der Waals surface area contributed by atoms with Crippen molar-refractivity contribution in [2.24, 2.45) is 0 Å². The van der Waals surface area contributed by atoms with Crippen molar-refractivity contribution in [3.63, 3.8) is 0 Å². The van der Waals surface area contributed by atoms with Crippen molar-refractivity contribution in [2.45, 2.75) is 11.3 Å². The molecule has 0 aliphatic carbocycles. The molecule has 0 aliphatic rings. The number of thioether (sulfide) groups is 1. The molecule has 0 saturated carbocycles. The molecular formula is C10H13NO3S. The standard InChI is InChI=1S/C10H13NO3S/c1-14-8-2-4-9(5-3-8)15-7-6-10(12)11-13/h2-5,13H,6-7H2,1H3,(H,11,12). The maximum absolute atomic E-state index is 10.7. The first-order valence-electron chi connectivity index (χ1n) is 4.46. The van der Waals surface area contributed by atoms with Gasteiger partial charge < -0.3 is 4.74 Å². The minimum atomic E-state index is -0.365. The minimum Gasteiger partial charge on any atom is -0.497 e. The third-order valence-corrected chi connectivity index (χ3v) is 2.80. The molecule has 82 valence electrons. The summed E-state index contributed by atoms with van der Waals surface area (Å²) in [4.78, 5) is 11.8. The number of methoxy groups -OCH3 is 1. The van der Waals surface area contributed by atoms with E-state index in [1.54, 1.807) is 24.4 Å². The fourth-order valence-corrected chi connectivity index (χ4v) is 1.84. The normalized spacial score (nSPS) is 9.73. The van der Waals surface area contributed by atoms with Gasteiger partial charge in [-0.2, -0.15) is 0 Å². The topological polar surface area (TPSA) is 58.6 Å². The predicted octanol–water partition coefficient (Wildman–Crippen LogP) is 1.68. The van der Waals surface area contributed by atoms with Crippen LogP contribution in [0.15, 0.2) is 29.2 Å². The van der Waals surface area contributed by atoms with Crippen molar-refractivity contribution >= 4 is 17.7 Å². The van der Waals surface area contributed by atoms with E-state index in [1.165, 1.54) is 0 Å². The molecule has 0 heterocycles. The lowest BCUT2D eigenvalue weighted by Gasteiger charge is -2.02. The number of carbonyl (C=O) groups is 1. The third kappa shape index (κ3) is 4.22. The molecule has 1 aromatic carbocycles. The number of carbonyl (C=O) groups excluding carboxylic acids is 1. The van der Waals surface area contributed by atoms with E-state index in [0.29, 0.717) is 12.2 Å². The Morgan fingerprint density at radius 2 is 2.13 bits per heavy atom. The Balaban J connectivity index is 2.34.